The van der Waals surface area contributed by atoms with Crippen molar-refractivity contribution in [2.75, 3.05) is 13.2 Å². The zero-order valence-electron chi connectivity index (χ0n) is 11.3. The first-order valence-electron chi connectivity index (χ1n) is 6.46. The standard InChI is InChI=1S/C13H19BrClNO3S/c1-2-3-10(6-7-17)9-16-20(18,19)11-4-5-13(15)12(14)8-11/h4-5,8,10,16-17H,2-3,6-7,9H2,1H3. The van der Waals surface area contributed by atoms with E-state index in [0.717, 1.165) is 12.8 Å². The van der Waals surface area contributed by atoms with Crippen molar-refractivity contribution in [3.8, 4) is 0 Å². The van der Waals surface area contributed by atoms with Crippen molar-refractivity contribution >= 4 is 37.6 Å². The topological polar surface area (TPSA) is 66.4 Å². The van der Waals surface area contributed by atoms with Gasteiger partial charge in [0.05, 0.1) is 9.92 Å². The maximum atomic E-state index is 12.2. The van der Waals surface area contributed by atoms with Crippen LogP contribution in [-0.2, 0) is 10.0 Å². The molecule has 0 saturated heterocycles. The average Bonchev–Trinajstić information content (AvgIpc) is 2.39. The summed E-state index contributed by atoms with van der Waals surface area (Å²) in [7, 11) is -3.55. The molecule has 0 fully saturated rings. The zero-order valence-corrected chi connectivity index (χ0v) is 14.4. The third-order valence-electron chi connectivity index (χ3n) is 3.00. The van der Waals surface area contributed by atoms with E-state index in [4.69, 9.17) is 16.7 Å². The summed E-state index contributed by atoms with van der Waals surface area (Å²) in [5, 5.41) is 9.44. The highest BCUT2D eigenvalue weighted by atomic mass is 79.9. The number of halogens is 2. The van der Waals surface area contributed by atoms with Crippen LogP contribution in [0.2, 0.25) is 5.02 Å². The molecule has 4 nitrogen and oxygen atoms in total. The van der Waals surface area contributed by atoms with Crippen LogP contribution >= 0.6 is 27.5 Å². The van der Waals surface area contributed by atoms with Crippen LogP contribution in [0, 0.1) is 5.92 Å². The highest BCUT2D eigenvalue weighted by Crippen LogP contribution is 2.25. The van der Waals surface area contributed by atoms with Crippen molar-refractivity contribution in [1.29, 1.82) is 0 Å². The summed E-state index contributed by atoms with van der Waals surface area (Å²) < 4.78 is 27.5. The number of aliphatic hydroxyl groups excluding tert-OH is 1. The number of sulfonamides is 1. The molecule has 0 aliphatic heterocycles. The fourth-order valence-electron chi connectivity index (χ4n) is 1.89. The summed E-state index contributed by atoms with van der Waals surface area (Å²) in [5.74, 6) is 0.149. The molecule has 0 radical (unpaired) electrons. The second-order valence-electron chi connectivity index (χ2n) is 4.59. The Labute approximate surface area is 133 Å². The Balaban J connectivity index is 2.75. The number of nitrogens with one attached hydrogen (secondary N) is 1. The first-order chi connectivity index (χ1) is 9.40. The number of benzene rings is 1. The summed E-state index contributed by atoms with van der Waals surface area (Å²) in [4.78, 5) is 0.174. The quantitative estimate of drug-likeness (QED) is 0.723. The van der Waals surface area contributed by atoms with Gasteiger partial charge < -0.3 is 5.11 Å². The van der Waals surface area contributed by atoms with Crippen LogP contribution in [0.4, 0.5) is 0 Å². The van der Waals surface area contributed by atoms with Crippen molar-refractivity contribution < 1.29 is 13.5 Å². The Bertz CT molecular complexity index is 530. The van der Waals surface area contributed by atoms with Gasteiger partial charge in [-0.2, -0.15) is 0 Å². The molecule has 20 heavy (non-hydrogen) atoms. The average molecular weight is 385 g/mol. The second-order valence-corrected chi connectivity index (χ2v) is 7.62. The minimum Gasteiger partial charge on any atom is -0.396 e. The van der Waals surface area contributed by atoms with Gasteiger partial charge in [-0.15, -0.1) is 0 Å². The number of hydrogen-bond acceptors (Lipinski definition) is 3. The SMILES string of the molecule is CCCC(CCO)CNS(=O)(=O)c1ccc(Cl)c(Br)c1. The largest absolute Gasteiger partial charge is 0.396 e. The summed E-state index contributed by atoms with van der Waals surface area (Å²) in [5.41, 5.74) is 0. The van der Waals surface area contributed by atoms with Gasteiger partial charge in [-0.05, 0) is 52.9 Å². The lowest BCUT2D eigenvalue weighted by atomic mass is 10.0. The summed E-state index contributed by atoms with van der Waals surface area (Å²) in [6.45, 7) is 2.44. The molecule has 0 aliphatic rings. The van der Waals surface area contributed by atoms with E-state index >= 15 is 0 Å². The van der Waals surface area contributed by atoms with Crippen LogP contribution in [0.3, 0.4) is 0 Å². The highest BCUT2D eigenvalue weighted by molar-refractivity contribution is 9.10. The molecule has 0 spiro atoms. The van der Waals surface area contributed by atoms with Gasteiger partial charge in [0.2, 0.25) is 10.0 Å². The Morgan fingerprint density at radius 2 is 2.10 bits per heavy atom. The molecule has 2 N–H and O–H groups in total. The van der Waals surface area contributed by atoms with Gasteiger partial charge in [0.25, 0.3) is 0 Å². The molecule has 1 atom stereocenters. The molecule has 0 bridgehead atoms. The van der Waals surface area contributed by atoms with E-state index in [1.165, 1.54) is 18.2 Å². The van der Waals surface area contributed by atoms with Gasteiger partial charge in [-0.1, -0.05) is 24.9 Å². The van der Waals surface area contributed by atoms with Crippen molar-refractivity contribution in [2.24, 2.45) is 5.92 Å². The van der Waals surface area contributed by atoms with Gasteiger partial charge >= 0.3 is 0 Å². The third kappa shape index (κ3) is 5.33. The van der Waals surface area contributed by atoms with Gasteiger partial charge in [0.15, 0.2) is 0 Å². The van der Waals surface area contributed by atoms with E-state index in [2.05, 4.69) is 20.7 Å². The minimum absolute atomic E-state index is 0.0683. The second kappa shape index (κ2) is 8.34. The molecule has 1 rings (SSSR count). The summed E-state index contributed by atoms with van der Waals surface area (Å²) in [6, 6.07) is 4.49. The lowest BCUT2D eigenvalue weighted by Gasteiger charge is -2.16. The van der Waals surface area contributed by atoms with Crippen LogP contribution in [0.1, 0.15) is 26.2 Å². The smallest absolute Gasteiger partial charge is 0.240 e. The van der Waals surface area contributed by atoms with Crippen LogP contribution < -0.4 is 4.72 Å². The number of hydrogen-bond donors (Lipinski definition) is 2. The van der Waals surface area contributed by atoms with Crippen molar-refractivity contribution in [2.45, 2.75) is 31.1 Å². The van der Waals surface area contributed by atoms with E-state index in [0.29, 0.717) is 22.5 Å². The normalized spacial score (nSPS) is 13.4. The van der Waals surface area contributed by atoms with Crippen molar-refractivity contribution in [1.82, 2.24) is 4.72 Å². The lowest BCUT2D eigenvalue weighted by molar-refractivity contribution is 0.251. The summed E-state index contributed by atoms with van der Waals surface area (Å²) in [6.07, 6.45) is 2.44. The Morgan fingerprint density at radius 1 is 1.40 bits per heavy atom. The van der Waals surface area contributed by atoms with Crippen LogP contribution in [0.5, 0.6) is 0 Å². The van der Waals surface area contributed by atoms with Crippen molar-refractivity contribution in [3.05, 3.63) is 27.7 Å². The van der Waals surface area contributed by atoms with Crippen LogP contribution in [-0.4, -0.2) is 26.7 Å². The molecular formula is C13H19BrClNO3S. The van der Waals surface area contributed by atoms with Gasteiger partial charge in [-0.25, -0.2) is 13.1 Å². The number of rotatable bonds is 8. The zero-order chi connectivity index (χ0) is 15.2. The van der Waals surface area contributed by atoms with Crippen molar-refractivity contribution in [3.63, 3.8) is 0 Å². The molecule has 7 heteroatoms. The molecule has 0 amide bonds. The summed E-state index contributed by atoms with van der Waals surface area (Å²) >= 11 is 9.06. The third-order valence-corrected chi connectivity index (χ3v) is 5.63. The molecule has 1 aromatic rings. The first kappa shape index (κ1) is 17.9. The maximum absolute atomic E-state index is 12.2. The van der Waals surface area contributed by atoms with E-state index in [9.17, 15) is 8.42 Å². The molecule has 1 unspecified atom stereocenters. The Morgan fingerprint density at radius 3 is 2.65 bits per heavy atom. The molecule has 0 aliphatic carbocycles. The van der Waals surface area contributed by atoms with E-state index in [-0.39, 0.29) is 17.4 Å². The number of aliphatic hydroxyl groups is 1. The molecule has 0 aromatic heterocycles. The van der Waals surface area contributed by atoms with Crippen LogP contribution in [0.15, 0.2) is 27.6 Å². The van der Waals surface area contributed by atoms with E-state index in [1.54, 1.807) is 0 Å². The Kier molecular flexibility index (Phi) is 7.47. The molecular weight excluding hydrogens is 366 g/mol. The molecule has 0 saturated carbocycles. The monoisotopic (exact) mass is 383 g/mol. The fourth-order valence-corrected chi connectivity index (χ4v) is 3.68. The van der Waals surface area contributed by atoms with Gasteiger partial charge in [0.1, 0.15) is 0 Å². The predicted molar refractivity (Wildman–Crippen MR) is 84.4 cm³/mol. The Hall–Kier alpha value is -0.140. The first-order valence-corrected chi connectivity index (χ1v) is 9.11. The maximum Gasteiger partial charge on any atom is 0.240 e. The van der Waals surface area contributed by atoms with Gasteiger partial charge in [0, 0.05) is 17.6 Å². The van der Waals surface area contributed by atoms with E-state index in [1.807, 2.05) is 6.92 Å². The molecule has 0 heterocycles. The van der Waals surface area contributed by atoms with E-state index < -0.39 is 10.0 Å². The van der Waals surface area contributed by atoms with Gasteiger partial charge in [-0.3, -0.25) is 0 Å². The highest BCUT2D eigenvalue weighted by Gasteiger charge is 2.17. The fraction of sp³-hybridized carbons (Fsp3) is 0.538. The molecule has 1 aromatic carbocycles. The molecule has 114 valence electrons. The van der Waals surface area contributed by atoms with Crippen LogP contribution in [0.25, 0.3) is 0 Å². The minimum atomic E-state index is -3.55. The lowest BCUT2D eigenvalue weighted by Crippen LogP contribution is -2.30. The predicted octanol–water partition coefficient (Wildman–Crippen LogP) is 3.18.